The Balaban J connectivity index is 3.65. The Bertz CT molecular complexity index is 398. The van der Waals surface area contributed by atoms with Gasteiger partial charge in [0.25, 0.3) is 0 Å². The van der Waals surface area contributed by atoms with Crippen molar-refractivity contribution in [1.29, 1.82) is 0 Å². The molecular formula is C26H51NO3. The molecule has 30 heavy (non-hydrogen) atoms. The predicted octanol–water partition coefficient (Wildman–Crippen LogP) is 6.44. The Labute approximate surface area is 186 Å². The molecule has 0 radical (unpaired) electrons. The maximum atomic E-state index is 11.9. The van der Waals surface area contributed by atoms with Crippen molar-refractivity contribution in [1.82, 2.24) is 5.32 Å². The third-order valence-electron chi connectivity index (χ3n) is 5.77. The van der Waals surface area contributed by atoms with E-state index in [1.165, 1.54) is 70.6 Å². The van der Waals surface area contributed by atoms with Crippen molar-refractivity contribution in [3.63, 3.8) is 0 Å². The highest BCUT2D eigenvalue weighted by Crippen LogP contribution is 2.12. The monoisotopic (exact) mass is 425 g/mol. The molecule has 0 saturated heterocycles. The van der Waals surface area contributed by atoms with E-state index in [0.717, 1.165) is 38.5 Å². The number of aliphatic hydroxyl groups excluding tert-OH is 2. The molecule has 0 aliphatic heterocycles. The van der Waals surface area contributed by atoms with Gasteiger partial charge in [0.05, 0.1) is 18.8 Å². The summed E-state index contributed by atoms with van der Waals surface area (Å²) in [6.07, 6.45) is 24.5. The summed E-state index contributed by atoms with van der Waals surface area (Å²) >= 11 is 0. The van der Waals surface area contributed by atoms with E-state index in [-0.39, 0.29) is 12.5 Å². The Morgan fingerprint density at radius 3 is 1.73 bits per heavy atom. The average Bonchev–Trinajstić information content (AvgIpc) is 2.75. The van der Waals surface area contributed by atoms with Gasteiger partial charge < -0.3 is 15.5 Å². The van der Waals surface area contributed by atoms with E-state index in [0.29, 0.717) is 6.42 Å². The molecule has 0 aromatic carbocycles. The van der Waals surface area contributed by atoms with Crippen LogP contribution in [0.5, 0.6) is 0 Å². The van der Waals surface area contributed by atoms with E-state index >= 15 is 0 Å². The molecule has 1 amide bonds. The fraction of sp³-hybridized carbons (Fsp3) is 0.885. The first-order valence-electron chi connectivity index (χ1n) is 12.9. The maximum absolute atomic E-state index is 11.9. The van der Waals surface area contributed by atoms with Gasteiger partial charge in [0, 0.05) is 6.42 Å². The Morgan fingerprint density at radius 2 is 1.23 bits per heavy atom. The number of rotatable bonds is 22. The molecule has 0 aromatic rings. The normalized spacial score (nSPS) is 13.6. The van der Waals surface area contributed by atoms with E-state index in [1.54, 1.807) is 6.08 Å². The minimum atomic E-state index is -0.827. The first-order valence-corrected chi connectivity index (χ1v) is 12.9. The molecule has 2 atom stereocenters. The standard InChI is InChI=1S/C26H51NO3/c1-3-5-7-9-10-11-12-13-14-15-16-17-18-19-21-25(29)24(23-28)27-26(30)22-20-8-6-4-2/h19,21,24-25,28-29H,3-18,20,22-23H2,1-2H3,(H,27,30)/t24-,25+/m1/s1. The van der Waals surface area contributed by atoms with Crippen molar-refractivity contribution in [2.45, 2.75) is 142 Å². The topological polar surface area (TPSA) is 69.6 Å². The van der Waals surface area contributed by atoms with Gasteiger partial charge in [-0.2, -0.15) is 0 Å². The quantitative estimate of drug-likeness (QED) is 0.138. The lowest BCUT2D eigenvalue weighted by molar-refractivity contribution is -0.123. The molecule has 0 aromatic heterocycles. The van der Waals surface area contributed by atoms with Gasteiger partial charge in [-0.1, -0.05) is 116 Å². The molecule has 0 aliphatic carbocycles. The van der Waals surface area contributed by atoms with Crippen molar-refractivity contribution in [3.05, 3.63) is 12.2 Å². The van der Waals surface area contributed by atoms with Crippen LogP contribution in [-0.4, -0.2) is 34.9 Å². The number of carbonyl (C=O) groups is 1. The fourth-order valence-electron chi connectivity index (χ4n) is 3.70. The summed E-state index contributed by atoms with van der Waals surface area (Å²) in [5.41, 5.74) is 0. The van der Waals surface area contributed by atoms with Gasteiger partial charge >= 0.3 is 0 Å². The molecule has 0 fully saturated rings. The van der Waals surface area contributed by atoms with Crippen LogP contribution in [0.25, 0.3) is 0 Å². The highest BCUT2D eigenvalue weighted by atomic mass is 16.3. The third kappa shape index (κ3) is 19.1. The zero-order valence-electron chi connectivity index (χ0n) is 20.0. The highest BCUT2D eigenvalue weighted by molar-refractivity contribution is 5.76. The van der Waals surface area contributed by atoms with E-state index in [2.05, 4.69) is 19.2 Å². The van der Waals surface area contributed by atoms with Crippen molar-refractivity contribution < 1.29 is 15.0 Å². The largest absolute Gasteiger partial charge is 0.394 e. The van der Waals surface area contributed by atoms with Crippen molar-refractivity contribution in [2.24, 2.45) is 0 Å². The zero-order chi connectivity index (χ0) is 22.3. The molecule has 0 unspecified atom stereocenters. The van der Waals surface area contributed by atoms with Gasteiger partial charge in [0.15, 0.2) is 0 Å². The van der Waals surface area contributed by atoms with Gasteiger partial charge in [-0.3, -0.25) is 4.79 Å². The molecule has 0 aliphatic rings. The summed E-state index contributed by atoms with van der Waals surface area (Å²) in [4.78, 5) is 11.9. The number of aliphatic hydroxyl groups is 2. The summed E-state index contributed by atoms with van der Waals surface area (Å²) in [5.74, 6) is -0.0847. The number of nitrogens with one attached hydrogen (secondary N) is 1. The Morgan fingerprint density at radius 1 is 0.767 bits per heavy atom. The van der Waals surface area contributed by atoms with E-state index in [4.69, 9.17) is 0 Å². The minimum Gasteiger partial charge on any atom is -0.394 e. The molecule has 3 N–H and O–H groups in total. The van der Waals surface area contributed by atoms with Crippen molar-refractivity contribution in [2.75, 3.05) is 6.61 Å². The van der Waals surface area contributed by atoms with Gasteiger partial charge in [-0.05, 0) is 19.3 Å². The van der Waals surface area contributed by atoms with Crippen LogP contribution >= 0.6 is 0 Å². The second-order valence-electron chi connectivity index (χ2n) is 8.76. The Kier molecular flexibility index (Phi) is 22.1. The van der Waals surface area contributed by atoms with Crippen LogP contribution in [0, 0.1) is 0 Å². The van der Waals surface area contributed by atoms with Crippen LogP contribution < -0.4 is 5.32 Å². The summed E-state index contributed by atoms with van der Waals surface area (Å²) in [6.45, 7) is 4.16. The lowest BCUT2D eigenvalue weighted by Crippen LogP contribution is -2.45. The molecular weight excluding hydrogens is 374 g/mol. The predicted molar refractivity (Wildman–Crippen MR) is 129 cm³/mol. The lowest BCUT2D eigenvalue weighted by Gasteiger charge is -2.19. The van der Waals surface area contributed by atoms with Crippen LogP contribution in [0.3, 0.4) is 0 Å². The van der Waals surface area contributed by atoms with Gasteiger partial charge in [-0.15, -0.1) is 0 Å². The SMILES string of the molecule is CCCCCCCCCCCCCCC=C[C@H](O)[C@@H](CO)NC(=O)CCCCCC. The molecule has 0 spiro atoms. The van der Waals surface area contributed by atoms with Crippen LogP contribution in [0.4, 0.5) is 0 Å². The smallest absolute Gasteiger partial charge is 0.220 e. The van der Waals surface area contributed by atoms with E-state index in [1.807, 2.05) is 6.08 Å². The molecule has 4 nitrogen and oxygen atoms in total. The van der Waals surface area contributed by atoms with Crippen LogP contribution in [0.2, 0.25) is 0 Å². The summed E-state index contributed by atoms with van der Waals surface area (Å²) in [6, 6.07) is -0.609. The molecule has 4 heteroatoms. The van der Waals surface area contributed by atoms with E-state index in [9.17, 15) is 15.0 Å². The van der Waals surface area contributed by atoms with Crippen molar-refractivity contribution >= 4 is 5.91 Å². The third-order valence-corrected chi connectivity index (χ3v) is 5.77. The number of hydrogen-bond acceptors (Lipinski definition) is 3. The van der Waals surface area contributed by atoms with Gasteiger partial charge in [0.1, 0.15) is 0 Å². The lowest BCUT2D eigenvalue weighted by atomic mass is 10.0. The number of unbranched alkanes of at least 4 members (excludes halogenated alkanes) is 15. The average molecular weight is 426 g/mol. The number of amides is 1. The number of hydrogen-bond donors (Lipinski definition) is 3. The molecule has 0 saturated carbocycles. The minimum absolute atomic E-state index is 0.0847. The second-order valence-corrected chi connectivity index (χ2v) is 8.76. The van der Waals surface area contributed by atoms with Crippen LogP contribution in [-0.2, 0) is 4.79 Å². The highest BCUT2D eigenvalue weighted by Gasteiger charge is 2.17. The van der Waals surface area contributed by atoms with Crippen molar-refractivity contribution in [3.8, 4) is 0 Å². The molecule has 0 rings (SSSR count). The molecule has 0 bridgehead atoms. The second kappa shape index (κ2) is 22.8. The first-order chi connectivity index (χ1) is 14.7. The van der Waals surface area contributed by atoms with Gasteiger partial charge in [0.2, 0.25) is 5.91 Å². The summed E-state index contributed by atoms with van der Waals surface area (Å²) in [5, 5.41) is 22.4. The number of allylic oxidation sites excluding steroid dienone is 1. The molecule has 178 valence electrons. The molecule has 0 heterocycles. The first kappa shape index (κ1) is 29.1. The van der Waals surface area contributed by atoms with Crippen LogP contribution in [0.15, 0.2) is 12.2 Å². The van der Waals surface area contributed by atoms with Crippen LogP contribution in [0.1, 0.15) is 129 Å². The van der Waals surface area contributed by atoms with E-state index < -0.39 is 12.1 Å². The fourth-order valence-corrected chi connectivity index (χ4v) is 3.70. The maximum Gasteiger partial charge on any atom is 0.220 e. The number of carbonyl (C=O) groups excluding carboxylic acids is 1. The Hall–Kier alpha value is -0.870. The van der Waals surface area contributed by atoms with Gasteiger partial charge in [-0.25, -0.2) is 0 Å². The zero-order valence-corrected chi connectivity index (χ0v) is 20.0. The summed E-state index contributed by atoms with van der Waals surface area (Å²) < 4.78 is 0. The summed E-state index contributed by atoms with van der Waals surface area (Å²) in [7, 11) is 0.